The molecule has 1 aromatic heterocycles. The van der Waals surface area contributed by atoms with Crippen LogP contribution in [0, 0.1) is 5.92 Å². The number of nitrogens with one attached hydrogen (secondary N) is 1. The van der Waals surface area contributed by atoms with E-state index in [1.165, 1.54) is 0 Å². The first-order valence-electron chi connectivity index (χ1n) is 7.00. The van der Waals surface area contributed by atoms with Gasteiger partial charge in [-0.25, -0.2) is 4.98 Å². The number of carbonyl (C=O) groups excluding carboxylic acids is 1. The predicted molar refractivity (Wildman–Crippen MR) is 85.4 cm³/mol. The average Bonchev–Trinajstić information content (AvgIpc) is 3.00. The average molecular weight is 304 g/mol. The first kappa shape index (κ1) is 15.5. The van der Waals surface area contributed by atoms with Crippen molar-refractivity contribution in [1.82, 2.24) is 10.3 Å². The van der Waals surface area contributed by atoms with Crippen molar-refractivity contribution in [3.63, 3.8) is 0 Å². The summed E-state index contributed by atoms with van der Waals surface area (Å²) in [6, 6.07) is 7.79. The van der Waals surface area contributed by atoms with Crippen molar-refractivity contribution in [3.8, 4) is 17.0 Å². The number of ether oxygens (including phenoxy) is 1. The minimum atomic E-state index is 0.0472. The maximum atomic E-state index is 11.7. The number of nitrogens with zero attached hydrogens (tertiary/aromatic N) is 1. The summed E-state index contributed by atoms with van der Waals surface area (Å²) < 4.78 is 5.14. The molecule has 2 rings (SSSR count). The quantitative estimate of drug-likeness (QED) is 0.889. The maximum absolute atomic E-state index is 11.7. The van der Waals surface area contributed by atoms with Crippen molar-refractivity contribution < 1.29 is 9.53 Å². The van der Waals surface area contributed by atoms with Gasteiger partial charge in [-0.05, 0) is 30.7 Å². The van der Waals surface area contributed by atoms with E-state index in [9.17, 15) is 4.79 Å². The molecule has 0 spiro atoms. The Morgan fingerprint density at radius 3 is 2.71 bits per heavy atom. The fourth-order valence-electron chi connectivity index (χ4n) is 1.81. The van der Waals surface area contributed by atoms with Gasteiger partial charge in [-0.1, -0.05) is 13.8 Å². The lowest BCUT2D eigenvalue weighted by Gasteiger charge is -2.08. The molecule has 0 aliphatic rings. The third-order valence-electron chi connectivity index (χ3n) is 3.41. The molecule has 0 radical (unpaired) electrons. The highest BCUT2D eigenvalue weighted by Crippen LogP contribution is 2.24. The number of carbonyl (C=O) groups is 1. The number of aromatic nitrogens is 1. The Morgan fingerprint density at radius 1 is 1.38 bits per heavy atom. The Morgan fingerprint density at radius 2 is 2.10 bits per heavy atom. The van der Waals surface area contributed by atoms with E-state index in [0.717, 1.165) is 28.4 Å². The molecule has 1 aromatic carbocycles. The van der Waals surface area contributed by atoms with Gasteiger partial charge in [-0.2, -0.15) is 0 Å². The van der Waals surface area contributed by atoms with E-state index in [1.807, 2.05) is 43.5 Å². The summed E-state index contributed by atoms with van der Waals surface area (Å²) in [5, 5.41) is 5.84. The SMILES string of the molecule is CC[C@H](C)C(=O)NCc1nc(-c2ccc(OC)cc2)cs1. The summed E-state index contributed by atoms with van der Waals surface area (Å²) in [6.07, 6.45) is 0.848. The van der Waals surface area contributed by atoms with Gasteiger partial charge in [0.25, 0.3) is 0 Å². The zero-order valence-electron chi connectivity index (χ0n) is 12.6. The van der Waals surface area contributed by atoms with Gasteiger partial charge in [0.1, 0.15) is 10.8 Å². The van der Waals surface area contributed by atoms with Gasteiger partial charge >= 0.3 is 0 Å². The minimum Gasteiger partial charge on any atom is -0.497 e. The first-order chi connectivity index (χ1) is 10.1. The Bertz CT molecular complexity index is 593. The molecule has 0 bridgehead atoms. The van der Waals surface area contributed by atoms with Crippen molar-refractivity contribution >= 4 is 17.2 Å². The van der Waals surface area contributed by atoms with Crippen LogP contribution in [0.3, 0.4) is 0 Å². The van der Waals surface area contributed by atoms with Gasteiger partial charge < -0.3 is 10.1 Å². The fourth-order valence-corrected chi connectivity index (χ4v) is 2.55. The van der Waals surface area contributed by atoms with Crippen molar-refractivity contribution in [1.29, 1.82) is 0 Å². The number of hydrogen-bond donors (Lipinski definition) is 1. The third-order valence-corrected chi connectivity index (χ3v) is 4.26. The summed E-state index contributed by atoms with van der Waals surface area (Å²) in [5.74, 6) is 0.958. The summed E-state index contributed by atoms with van der Waals surface area (Å²) in [5.41, 5.74) is 1.97. The number of thiazole rings is 1. The number of methoxy groups -OCH3 is 1. The Kier molecular flexibility index (Phi) is 5.33. The lowest BCUT2D eigenvalue weighted by molar-refractivity contribution is -0.124. The molecular formula is C16H20N2O2S. The predicted octanol–water partition coefficient (Wildman–Crippen LogP) is 3.48. The van der Waals surface area contributed by atoms with Crippen molar-refractivity contribution in [3.05, 3.63) is 34.7 Å². The van der Waals surface area contributed by atoms with Crippen LogP contribution in [0.4, 0.5) is 0 Å². The van der Waals surface area contributed by atoms with Crippen LogP contribution in [0.15, 0.2) is 29.6 Å². The lowest BCUT2D eigenvalue weighted by atomic mass is 10.1. The molecule has 0 aliphatic carbocycles. The van der Waals surface area contributed by atoms with Crippen LogP contribution < -0.4 is 10.1 Å². The molecule has 2 aromatic rings. The molecule has 1 atom stereocenters. The third kappa shape index (κ3) is 4.04. The zero-order chi connectivity index (χ0) is 15.2. The van der Waals surface area contributed by atoms with Gasteiger partial charge in [0.2, 0.25) is 5.91 Å². The number of amides is 1. The second-order valence-corrected chi connectivity index (χ2v) is 5.82. The van der Waals surface area contributed by atoms with E-state index >= 15 is 0 Å². The van der Waals surface area contributed by atoms with Crippen LogP contribution in [0.2, 0.25) is 0 Å². The first-order valence-corrected chi connectivity index (χ1v) is 7.88. The summed E-state index contributed by atoms with van der Waals surface area (Å²) >= 11 is 1.56. The largest absolute Gasteiger partial charge is 0.497 e. The highest BCUT2D eigenvalue weighted by Gasteiger charge is 2.11. The highest BCUT2D eigenvalue weighted by atomic mass is 32.1. The Labute approximate surface area is 129 Å². The molecular weight excluding hydrogens is 284 g/mol. The maximum Gasteiger partial charge on any atom is 0.223 e. The van der Waals surface area contributed by atoms with E-state index in [4.69, 9.17) is 4.74 Å². The number of rotatable bonds is 6. The van der Waals surface area contributed by atoms with Crippen molar-refractivity contribution in [2.75, 3.05) is 7.11 Å². The molecule has 1 heterocycles. The van der Waals surface area contributed by atoms with E-state index in [-0.39, 0.29) is 11.8 Å². The normalized spacial score (nSPS) is 12.0. The van der Waals surface area contributed by atoms with Crippen molar-refractivity contribution in [2.24, 2.45) is 5.92 Å². The standard InChI is InChI=1S/C16H20N2O2S/c1-4-11(2)16(19)17-9-15-18-14(10-21-15)12-5-7-13(20-3)8-6-12/h5-8,10-11H,4,9H2,1-3H3,(H,17,19)/t11-/m0/s1. The monoisotopic (exact) mass is 304 g/mol. The smallest absolute Gasteiger partial charge is 0.223 e. The Balaban J connectivity index is 1.99. The highest BCUT2D eigenvalue weighted by molar-refractivity contribution is 7.09. The van der Waals surface area contributed by atoms with Crippen molar-refractivity contribution in [2.45, 2.75) is 26.8 Å². The van der Waals surface area contributed by atoms with Gasteiger partial charge in [0, 0.05) is 16.9 Å². The molecule has 4 nitrogen and oxygen atoms in total. The van der Waals surface area contributed by atoms with E-state index in [1.54, 1.807) is 18.4 Å². The minimum absolute atomic E-state index is 0.0472. The molecule has 1 N–H and O–H groups in total. The second kappa shape index (κ2) is 7.22. The van der Waals surface area contributed by atoms with E-state index in [2.05, 4.69) is 10.3 Å². The molecule has 5 heteroatoms. The van der Waals surface area contributed by atoms with Crippen LogP contribution in [-0.4, -0.2) is 18.0 Å². The fraction of sp³-hybridized carbons (Fsp3) is 0.375. The molecule has 21 heavy (non-hydrogen) atoms. The molecule has 0 unspecified atom stereocenters. The second-order valence-electron chi connectivity index (χ2n) is 4.88. The summed E-state index contributed by atoms with van der Waals surface area (Å²) in [6.45, 7) is 4.43. The van der Waals surface area contributed by atoms with Gasteiger partial charge in [-0.3, -0.25) is 4.79 Å². The number of hydrogen-bond acceptors (Lipinski definition) is 4. The molecule has 0 saturated heterocycles. The molecule has 1 amide bonds. The molecule has 0 fully saturated rings. The van der Waals surface area contributed by atoms with Crippen LogP contribution in [0.1, 0.15) is 25.3 Å². The number of benzene rings is 1. The topological polar surface area (TPSA) is 51.2 Å². The van der Waals surface area contributed by atoms with E-state index in [0.29, 0.717) is 6.54 Å². The van der Waals surface area contributed by atoms with Crippen LogP contribution in [-0.2, 0) is 11.3 Å². The van der Waals surface area contributed by atoms with Crippen LogP contribution in [0.5, 0.6) is 5.75 Å². The summed E-state index contributed by atoms with van der Waals surface area (Å²) in [7, 11) is 1.65. The van der Waals surface area contributed by atoms with Crippen LogP contribution >= 0.6 is 11.3 Å². The van der Waals surface area contributed by atoms with Gasteiger partial charge in [-0.15, -0.1) is 11.3 Å². The van der Waals surface area contributed by atoms with Crippen LogP contribution in [0.25, 0.3) is 11.3 Å². The van der Waals surface area contributed by atoms with Gasteiger partial charge in [0.05, 0.1) is 19.3 Å². The van der Waals surface area contributed by atoms with E-state index < -0.39 is 0 Å². The zero-order valence-corrected chi connectivity index (χ0v) is 13.4. The molecule has 0 aliphatic heterocycles. The van der Waals surface area contributed by atoms with Gasteiger partial charge in [0.15, 0.2) is 0 Å². The molecule has 0 saturated carbocycles. The summed E-state index contributed by atoms with van der Waals surface area (Å²) in [4.78, 5) is 16.3. The lowest BCUT2D eigenvalue weighted by Crippen LogP contribution is -2.28. The Hall–Kier alpha value is -1.88. The molecule has 112 valence electrons.